The van der Waals surface area contributed by atoms with Gasteiger partial charge in [0.15, 0.2) is 0 Å². The Morgan fingerprint density at radius 3 is 2.85 bits per heavy atom. The molecule has 0 aromatic rings. The SMILES string of the molecule is NNC(=O)CCCCOC1COC1. The Balaban J connectivity index is 1.80. The minimum absolute atomic E-state index is 0.119. The molecule has 76 valence electrons. The molecule has 0 aliphatic carbocycles. The summed E-state index contributed by atoms with van der Waals surface area (Å²) in [6, 6.07) is 0. The van der Waals surface area contributed by atoms with Crippen molar-refractivity contribution < 1.29 is 14.3 Å². The Morgan fingerprint density at radius 1 is 1.54 bits per heavy atom. The maximum atomic E-state index is 10.7. The van der Waals surface area contributed by atoms with E-state index in [2.05, 4.69) is 5.43 Å². The Hall–Kier alpha value is -0.650. The van der Waals surface area contributed by atoms with Gasteiger partial charge in [0.2, 0.25) is 5.91 Å². The lowest BCUT2D eigenvalue weighted by Crippen LogP contribution is -2.36. The van der Waals surface area contributed by atoms with Gasteiger partial charge in [-0.25, -0.2) is 5.84 Å². The van der Waals surface area contributed by atoms with E-state index in [0.717, 1.165) is 12.8 Å². The largest absolute Gasteiger partial charge is 0.376 e. The lowest BCUT2D eigenvalue weighted by atomic mass is 10.2. The quantitative estimate of drug-likeness (QED) is 0.256. The van der Waals surface area contributed by atoms with E-state index >= 15 is 0 Å². The smallest absolute Gasteiger partial charge is 0.233 e. The van der Waals surface area contributed by atoms with Gasteiger partial charge in [-0.1, -0.05) is 0 Å². The second-order valence-electron chi connectivity index (χ2n) is 3.05. The number of ether oxygens (including phenoxy) is 2. The molecule has 0 spiro atoms. The zero-order chi connectivity index (χ0) is 9.52. The van der Waals surface area contributed by atoms with Crippen molar-refractivity contribution in [2.24, 2.45) is 5.84 Å². The summed E-state index contributed by atoms with van der Waals surface area (Å²) in [5.74, 6) is 4.80. The third-order valence-electron chi connectivity index (χ3n) is 1.92. The van der Waals surface area contributed by atoms with Crippen molar-refractivity contribution in [3.63, 3.8) is 0 Å². The van der Waals surface area contributed by atoms with Gasteiger partial charge in [-0.3, -0.25) is 10.2 Å². The average molecular weight is 188 g/mol. The zero-order valence-electron chi connectivity index (χ0n) is 7.62. The topological polar surface area (TPSA) is 73.6 Å². The van der Waals surface area contributed by atoms with Gasteiger partial charge in [-0.15, -0.1) is 0 Å². The summed E-state index contributed by atoms with van der Waals surface area (Å²) >= 11 is 0. The maximum absolute atomic E-state index is 10.7. The molecule has 0 aromatic carbocycles. The van der Waals surface area contributed by atoms with E-state index in [4.69, 9.17) is 15.3 Å². The summed E-state index contributed by atoms with van der Waals surface area (Å²) in [4.78, 5) is 10.7. The number of carbonyl (C=O) groups is 1. The molecule has 13 heavy (non-hydrogen) atoms. The van der Waals surface area contributed by atoms with E-state index in [1.807, 2.05) is 0 Å². The van der Waals surface area contributed by atoms with Crippen LogP contribution in [0, 0.1) is 0 Å². The van der Waals surface area contributed by atoms with Crippen molar-refractivity contribution in [2.45, 2.75) is 25.4 Å². The molecule has 0 bridgehead atoms. The normalized spacial score (nSPS) is 16.7. The molecule has 0 atom stereocenters. The van der Waals surface area contributed by atoms with E-state index in [-0.39, 0.29) is 12.0 Å². The molecular formula is C8H16N2O3. The minimum atomic E-state index is -0.119. The lowest BCUT2D eigenvalue weighted by molar-refractivity contribution is -0.130. The molecular weight excluding hydrogens is 172 g/mol. The summed E-state index contributed by atoms with van der Waals surface area (Å²) < 4.78 is 10.3. The van der Waals surface area contributed by atoms with Crippen LogP contribution in [0.4, 0.5) is 0 Å². The van der Waals surface area contributed by atoms with Gasteiger partial charge in [-0.2, -0.15) is 0 Å². The van der Waals surface area contributed by atoms with E-state index in [1.165, 1.54) is 0 Å². The molecule has 5 nitrogen and oxygen atoms in total. The number of hydrogen-bond acceptors (Lipinski definition) is 4. The lowest BCUT2D eigenvalue weighted by Gasteiger charge is -2.25. The molecule has 1 heterocycles. The van der Waals surface area contributed by atoms with Crippen LogP contribution in [0.3, 0.4) is 0 Å². The second kappa shape index (κ2) is 5.90. The van der Waals surface area contributed by atoms with Crippen LogP contribution in [0.2, 0.25) is 0 Å². The Kier molecular flexibility index (Phi) is 4.74. The maximum Gasteiger partial charge on any atom is 0.233 e. The van der Waals surface area contributed by atoms with E-state index in [1.54, 1.807) is 0 Å². The molecule has 1 aliphatic rings. The second-order valence-corrected chi connectivity index (χ2v) is 3.05. The van der Waals surface area contributed by atoms with Crippen LogP contribution in [0.5, 0.6) is 0 Å². The van der Waals surface area contributed by atoms with Crippen molar-refractivity contribution >= 4 is 5.91 Å². The van der Waals surface area contributed by atoms with Gasteiger partial charge in [0, 0.05) is 13.0 Å². The van der Waals surface area contributed by atoms with Crippen LogP contribution in [-0.4, -0.2) is 31.8 Å². The Labute approximate surface area is 77.5 Å². The molecule has 1 amide bonds. The number of nitrogens with one attached hydrogen (secondary N) is 1. The van der Waals surface area contributed by atoms with Crippen molar-refractivity contribution in [2.75, 3.05) is 19.8 Å². The van der Waals surface area contributed by atoms with E-state index in [0.29, 0.717) is 26.2 Å². The highest BCUT2D eigenvalue weighted by atomic mass is 16.6. The Morgan fingerprint density at radius 2 is 2.31 bits per heavy atom. The first-order valence-corrected chi connectivity index (χ1v) is 4.51. The van der Waals surface area contributed by atoms with Crippen LogP contribution in [-0.2, 0) is 14.3 Å². The molecule has 0 unspecified atom stereocenters. The van der Waals surface area contributed by atoms with Crippen molar-refractivity contribution in [3.8, 4) is 0 Å². The number of rotatable bonds is 6. The summed E-state index contributed by atoms with van der Waals surface area (Å²) in [6.07, 6.45) is 2.46. The van der Waals surface area contributed by atoms with Crippen molar-refractivity contribution in [1.82, 2.24) is 5.43 Å². The van der Waals surface area contributed by atoms with Crippen LogP contribution in [0.1, 0.15) is 19.3 Å². The molecule has 1 aliphatic heterocycles. The van der Waals surface area contributed by atoms with E-state index < -0.39 is 0 Å². The molecule has 1 fully saturated rings. The van der Waals surface area contributed by atoms with Crippen LogP contribution >= 0.6 is 0 Å². The van der Waals surface area contributed by atoms with Crippen LogP contribution < -0.4 is 11.3 Å². The molecule has 1 rings (SSSR count). The number of unbranched alkanes of at least 4 members (excludes halogenated alkanes) is 1. The number of amides is 1. The van der Waals surface area contributed by atoms with Gasteiger partial charge >= 0.3 is 0 Å². The fourth-order valence-electron chi connectivity index (χ4n) is 1.02. The first-order chi connectivity index (χ1) is 6.33. The number of carbonyl (C=O) groups excluding carboxylic acids is 1. The third-order valence-corrected chi connectivity index (χ3v) is 1.92. The Bertz CT molecular complexity index is 159. The summed E-state index contributed by atoms with van der Waals surface area (Å²) in [6.45, 7) is 2.12. The standard InChI is InChI=1S/C8H16N2O3/c9-10-8(11)3-1-2-4-13-7-5-12-6-7/h7H,1-6,9H2,(H,10,11). The van der Waals surface area contributed by atoms with Crippen LogP contribution in [0.25, 0.3) is 0 Å². The molecule has 3 N–H and O–H groups in total. The van der Waals surface area contributed by atoms with Gasteiger partial charge in [0.05, 0.1) is 13.2 Å². The van der Waals surface area contributed by atoms with Crippen molar-refractivity contribution in [3.05, 3.63) is 0 Å². The van der Waals surface area contributed by atoms with Gasteiger partial charge in [0.1, 0.15) is 6.10 Å². The van der Waals surface area contributed by atoms with Crippen molar-refractivity contribution in [1.29, 1.82) is 0 Å². The van der Waals surface area contributed by atoms with Gasteiger partial charge in [0.25, 0.3) is 0 Å². The molecule has 0 radical (unpaired) electrons. The number of hydrazine groups is 1. The third kappa shape index (κ3) is 4.21. The fraction of sp³-hybridized carbons (Fsp3) is 0.875. The highest BCUT2D eigenvalue weighted by molar-refractivity contribution is 5.74. The molecule has 0 aromatic heterocycles. The van der Waals surface area contributed by atoms with Gasteiger partial charge < -0.3 is 9.47 Å². The first kappa shape index (κ1) is 10.4. The minimum Gasteiger partial charge on any atom is -0.376 e. The average Bonchev–Trinajstić information content (AvgIpc) is 2.07. The highest BCUT2D eigenvalue weighted by Gasteiger charge is 2.17. The predicted molar refractivity (Wildman–Crippen MR) is 46.7 cm³/mol. The van der Waals surface area contributed by atoms with Crippen LogP contribution in [0.15, 0.2) is 0 Å². The van der Waals surface area contributed by atoms with E-state index in [9.17, 15) is 4.79 Å². The number of nitrogens with two attached hydrogens (primary N) is 1. The number of hydrogen-bond donors (Lipinski definition) is 2. The predicted octanol–water partition coefficient (Wildman–Crippen LogP) is -0.438. The fourth-order valence-corrected chi connectivity index (χ4v) is 1.02. The summed E-state index contributed by atoms with van der Waals surface area (Å²) in [5.41, 5.74) is 2.09. The first-order valence-electron chi connectivity index (χ1n) is 4.51. The monoisotopic (exact) mass is 188 g/mol. The molecule has 5 heteroatoms. The summed E-state index contributed by atoms with van der Waals surface area (Å²) in [7, 11) is 0. The highest BCUT2D eigenvalue weighted by Crippen LogP contribution is 2.06. The molecule has 1 saturated heterocycles. The van der Waals surface area contributed by atoms with Gasteiger partial charge in [-0.05, 0) is 12.8 Å². The summed E-state index contributed by atoms with van der Waals surface area (Å²) in [5, 5.41) is 0. The zero-order valence-corrected chi connectivity index (χ0v) is 7.62. The molecule has 0 saturated carbocycles.